The van der Waals surface area contributed by atoms with Crippen LogP contribution in [0.15, 0.2) is 22.7 Å². The number of nitrogens with zero attached hydrogens (tertiary/aromatic N) is 1. The molecular formula is C14H14BrF2NO. The van der Waals surface area contributed by atoms with Gasteiger partial charge in [-0.05, 0) is 30.5 Å². The quantitative estimate of drug-likeness (QED) is 0.763. The van der Waals surface area contributed by atoms with Crippen molar-refractivity contribution in [2.24, 2.45) is 0 Å². The summed E-state index contributed by atoms with van der Waals surface area (Å²) < 4.78 is 27.3. The molecule has 2 aliphatic rings. The van der Waals surface area contributed by atoms with E-state index in [1.54, 1.807) is 11.0 Å². The molecule has 0 spiro atoms. The topological polar surface area (TPSA) is 20.3 Å². The number of hydrogen-bond acceptors (Lipinski definition) is 1. The highest BCUT2D eigenvalue weighted by Crippen LogP contribution is 2.38. The molecule has 0 saturated heterocycles. The fraction of sp³-hybridized carbons (Fsp3) is 0.500. The SMILES string of the molecule is O=C1c2cccc(Br)c2CN1C1CCC(F)(F)CC1. The summed E-state index contributed by atoms with van der Waals surface area (Å²) in [6.45, 7) is 0.534. The Balaban J connectivity index is 1.79. The molecule has 0 bridgehead atoms. The van der Waals surface area contributed by atoms with E-state index in [9.17, 15) is 13.6 Å². The van der Waals surface area contributed by atoms with Gasteiger partial charge in [-0.1, -0.05) is 22.0 Å². The lowest BCUT2D eigenvalue weighted by Crippen LogP contribution is -2.40. The molecule has 1 aromatic carbocycles. The van der Waals surface area contributed by atoms with Gasteiger partial charge in [0.05, 0.1) is 0 Å². The third-order valence-electron chi connectivity index (χ3n) is 4.07. The number of benzene rings is 1. The maximum Gasteiger partial charge on any atom is 0.254 e. The second kappa shape index (κ2) is 4.54. The van der Waals surface area contributed by atoms with Gasteiger partial charge in [0, 0.05) is 35.5 Å². The maximum atomic E-state index is 13.2. The van der Waals surface area contributed by atoms with Crippen molar-refractivity contribution in [1.29, 1.82) is 0 Å². The molecule has 1 aliphatic heterocycles. The van der Waals surface area contributed by atoms with Gasteiger partial charge in [-0.2, -0.15) is 0 Å². The Morgan fingerprint density at radius 2 is 1.95 bits per heavy atom. The van der Waals surface area contributed by atoms with Crippen molar-refractivity contribution in [3.8, 4) is 0 Å². The molecule has 0 unspecified atom stereocenters. The van der Waals surface area contributed by atoms with E-state index in [0.717, 1.165) is 10.0 Å². The standard InChI is InChI=1S/C14H14BrF2NO/c15-12-3-1-2-10-11(12)8-18(13(10)19)9-4-6-14(16,17)7-5-9/h1-3,9H,4-8H2. The largest absolute Gasteiger partial charge is 0.331 e. The van der Waals surface area contributed by atoms with Crippen molar-refractivity contribution < 1.29 is 13.6 Å². The Labute approximate surface area is 118 Å². The van der Waals surface area contributed by atoms with Crippen LogP contribution in [0.3, 0.4) is 0 Å². The number of carbonyl (C=O) groups excluding carboxylic acids is 1. The van der Waals surface area contributed by atoms with E-state index in [1.807, 2.05) is 12.1 Å². The summed E-state index contributed by atoms with van der Waals surface area (Å²) in [7, 11) is 0. The Morgan fingerprint density at radius 1 is 1.26 bits per heavy atom. The maximum absolute atomic E-state index is 13.2. The van der Waals surface area contributed by atoms with Gasteiger partial charge < -0.3 is 4.90 Å². The van der Waals surface area contributed by atoms with Gasteiger partial charge in [0.2, 0.25) is 5.92 Å². The fourth-order valence-corrected chi connectivity index (χ4v) is 3.44. The van der Waals surface area contributed by atoms with E-state index in [1.165, 1.54) is 0 Å². The first-order valence-corrected chi connectivity index (χ1v) is 7.23. The van der Waals surface area contributed by atoms with Crippen LogP contribution in [0.2, 0.25) is 0 Å². The molecule has 1 aliphatic carbocycles. The monoisotopic (exact) mass is 329 g/mol. The van der Waals surface area contributed by atoms with Gasteiger partial charge in [-0.25, -0.2) is 8.78 Å². The van der Waals surface area contributed by atoms with E-state index < -0.39 is 5.92 Å². The number of rotatable bonds is 1. The van der Waals surface area contributed by atoms with Crippen LogP contribution in [-0.2, 0) is 6.54 Å². The zero-order valence-electron chi connectivity index (χ0n) is 10.3. The summed E-state index contributed by atoms with van der Waals surface area (Å²) >= 11 is 3.45. The van der Waals surface area contributed by atoms with Crippen LogP contribution in [0.4, 0.5) is 8.78 Å². The molecule has 102 valence electrons. The molecule has 1 fully saturated rings. The van der Waals surface area contributed by atoms with E-state index in [0.29, 0.717) is 24.9 Å². The Hall–Kier alpha value is -0.970. The second-order valence-corrected chi connectivity index (χ2v) is 6.14. The molecule has 2 nitrogen and oxygen atoms in total. The number of hydrogen-bond donors (Lipinski definition) is 0. The predicted octanol–water partition coefficient (Wildman–Crippen LogP) is 3.98. The van der Waals surface area contributed by atoms with Gasteiger partial charge in [0.15, 0.2) is 0 Å². The van der Waals surface area contributed by atoms with Crippen molar-refractivity contribution in [2.75, 3.05) is 0 Å². The van der Waals surface area contributed by atoms with E-state index in [-0.39, 0.29) is 24.8 Å². The van der Waals surface area contributed by atoms with E-state index >= 15 is 0 Å². The summed E-state index contributed by atoms with van der Waals surface area (Å²) in [6, 6.07) is 5.50. The zero-order valence-corrected chi connectivity index (χ0v) is 11.9. The van der Waals surface area contributed by atoms with Crippen LogP contribution in [0.5, 0.6) is 0 Å². The third kappa shape index (κ3) is 2.29. The highest BCUT2D eigenvalue weighted by atomic mass is 79.9. The van der Waals surface area contributed by atoms with Crippen molar-refractivity contribution in [1.82, 2.24) is 4.90 Å². The van der Waals surface area contributed by atoms with Crippen LogP contribution >= 0.6 is 15.9 Å². The lowest BCUT2D eigenvalue weighted by atomic mass is 9.91. The van der Waals surface area contributed by atoms with Gasteiger partial charge in [-0.15, -0.1) is 0 Å². The van der Waals surface area contributed by atoms with Crippen LogP contribution in [0.1, 0.15) is 41.6 Å². The number of fused-ring (bicyclic) bond motifs is 1. The Kier molecular flexibility index (Phi) is 3.12. The summed E-state index contributed by atoms with van der Waals surface area (Å²) in [5.74, 6) is -2.57. The minimum absolute atomic E-state index is 0.0217. The van der Waals surface area contributed by atoms with Gasteiger partial charge in [0.1, 0.15) is 0 Å². The van der Waals surface area contributed by atoms with E-state index in [4.69, 9.17) is 0 Å². The highest BCUT2D eigenvalue weighted by molar-refractivity contribution is 9.10. The molecule has 3 rings (SSSR count). The molecule has 1 aromatic rings. The molecule has 0 atom stereocenters. The average molecular weight is 330 g/mol. The fourth-order valence-electron chi connectivity index (χ4n) is 2.95. The molecule has 19 heavy (non-hydrogen) atoms. The number of halogens is 3. The molecule has 5 heteroatoms. The molecule has 1 saturated carbocycles. The lowest BCUT2D eigenvalue weighted by Gasteiger charge is -2.34. The Bertz CT molecular complexity index is 522. The first-order valence-electron chi connectivity index (χ1n) is 6.44. The minimum atomic E-state index is -2.55. The summed E-state index contributed by atoms with van der Waals surface area (Å²) in [6.07, 6.45) is 0.562. The molecule has 1 amide bonds. The van der Waals surface area contributed by atoms with Gasteiger partial charge in [-0.3, -0.25) is 4.79 Å². The van der Waals surface area contributed by atoms with Crippen LogP contribution in [-0.4, -0.2) is 22.8 Å². The number of amides is 1. The van der Waals surface area contributed by atoms with Gasteiger partial charge in [0.25, 0.3) is 5.91 Å². The van der Waals surface area contributed by atoms with Crippen LogP contribution < -0.4 is 0 Å². The Morgan fingerprint density at radius 3 is 2.58 bits per heavy atom. The zero-order chi connectivity index (χ0) is 13.6. The molecular weight excluding hydrogens is 316 g/mol. The smallest absolute Gasteiger partial charge is 0.254 e. The van der Waals surface area contributed by atoms with E-state index in [2.05, 4.69) is 15.9 Å². The lowest BCUT2D eigenvalue weighted by molar-refractivity contribution is -0.0510. The molecule has 0 N–H and O–H groups in total. The van der Waals surface area contributed by atoms with Crippen LogP contribution in [0.25, 0.3) is 0 Å². The highest BCUT2D eigenvalue weighted by Gasteiger charge is 2.40. The summed E-state index contributed by atoms with van der Waals surface area (Å²) in [5, 5.41) is 0. The van der Waals surface area contributed by atoms with Crippen molar-refractivity contribution >= 4 is 21.8 Å². The molecule has 0 aromatic heterocycles. The predicted molar refractivity (Wildman–Crippen MR) is 71.2 cm³/mol. The van der Waals surface area contributed by atoms with Crippen molar-refractivity contribution in [2.45, 2.75) is 44.2 Å². The second-order valence-electron chi connectivity index (χ2n) is 5.29. The first-order chi connectivity index (χ1) is 8.98. The normalized spacial score (nSPS) is 22.7. The molecule has 1 heterocycles. The third-order valence-corrected chi connectivity index (χ3v) is 4.81. The number of alkyl halides is 2. The summed E-state index contributed by atoms with van der Waals surface area (Å²) in [4.78, 5) is 14.1. The van der Waals surface area contributed by atoms with Crippen molar-refractivity contribution in [3.63, 3.8) is 0 Å². The summed E-state index contributed by atoms with van der Waals surface area (Å²) in [5.41, 5.74) is 1.68. The minimum Gasteiger partial charge on any atom is -0.331 e. The number of carbonyl (C=O) groups is 1. The van der Waals surface area contributed by atoms with Gasteiger partial charge >= 0.3 is 0 Å². The van der Waals surface area contributed by atoms with Crippen LogP contribution in [0, 0.1) is 0 Å². The molecule has 0 radical (unpaired) electrons. The first kappa shape index (κ1) is 13.0. The average Bonchev–Trinajstić information content (AvgIpc) is 2.69. The van der Waals surface area contributed by atoms with Crippen molar-refractivity contribution in [3.05, 3.63) is 33.8 Å².